The molecule has 5 aromatic rings. The number of rotatable bonds is 4. The fraction of sp³-hybridized carbons (Fsp3) is 0.0968. The Labute approximate surface area is 236 Å². The Bertz CT molecular complexity index is 2040. The van der Waals surface area contributed by atoms with Crippen LogP contribution in [0.15, 0.2) is 105 Å². The lowest BCUT2D eigenvalue weighted by Crippen LogP contribution is -2.38. The van der Waals surface area contributed by atoms with Crippen LogP contribution in [0.3, 0.4) is 0 Å². The van der Waals surface area contributed by atoms with Gasteiger partial charge in [-0.3, -0.25) is 19.5 Å². The summed E-state index contributed by atoms with van der Waals surface area (Å²) in [5.41, 5.74) is 5.49. The number of hydrogen-bond donors (Lipinski definition) is 0. The molecule has 0 fully saturated rings. The average molecular weight is 566 g/mol. The molecule has 0 N–H and O–H groups in total. The molecule has 196 valence electrons. The van der Waals surface area contributed by atoms with Crippen molar-refractivity contribution in [3.05, 3.63) is 148 Å². The second-order valence-corrected chi connectivity index (χ2v) is 11.1. The van der Waals surface area contributed by atoms with Crippen molar-refractivity contribution >= 4 is 40.4 Å². The summed E-state index contributed by atoms with van der Waals surface area (Å²) in [6.07, 6.45) is 3.39. The lowest BCUT2D eigenvalue weighted by atomic mass is 9.83. The number of thiazole rings is 1. The summed E-state index contributed by atoms with van der Waals surface area (Å²) in [6.45, 7) is 0. The van der Waals surface area contributed by atoms with E-state index < -0.39 is 4.92 Å². The molecule has 7 nitrogen and oxygen atoms in total. The van der Waals surface area contributed by atoms with Gasteiger partial charge in [-0.15, -0.1) is 0 Å². The smallest absolute Gasteiger partial charge is 0.281 e. The molecule has 2 aliphatic rings. The van der Waals surface area contributed by atoms with Crippen molar-refractivity contribution in [2.75, 3.05) is 0 Å². The predicted molar refractivity (Wildman–Crippen MR) is 155 cm³/mol. The molecule has 40 heavy (non-hydrogen) atoms. The van der Waals surface area contributed by atoms with Gasteiger partial charge in [-0.05, 0) is 53.8 Å². The van der Waals surface area contributed by atoms with Gasteiger partial charge in [0.1, 0.15) is 11.5 Å². The van der Waals surface area contributed by atoms with Crippen molar-refractivity contribution in [2.45, 2.75) is 18.9 Å². The van der Waals surface area contributed by atoms with Crippen LogP contribution in [-0.4, -0.2) is 9.49 Å². The summed E-state index contributed by atoms with van der Waals surface area (Å²) in [5.74, 6) is 0.728. The normalized spacial score (nSPS) is 16.2. The minimum atomic E-state index is -0.495. The van der Waals surface area contributed by atoms with Crippen LogP contribution in [0.25, 0.3) is 23.1 Å². The number of allylic oxidation sites excluding steroid dienone is 1. The number of furan rings is 1. The average Bonchev–Trinajstić information content (AvgIpc) is 3.56. The van der Waals surface area contributed by atoms with Crippen molar-refractivity contribution < 1.29 is 9.34 Å². The van der Waals surface area contributed by atoms with Crippen LogP contribution in [-0.2, 0) is 6.42 Å². The van der Waals surface area contributed by atoms with Crippen LogP contribution < -0.4 is 14.9 Å². The monoisotopic (exact) mass is 565 g/mol. The van der Waals surface area contributed by atoms with E-state index in [0.29, 0.717) is 26.4 Å². The van der Waals surface area contributed by atoms with Crippen LogP contribution >= 0.6 is 22.9 Å². The van der Waals surface area contributed by atoms with E-state index in [0.717, 1.165) is 35.2 Å². The maximum atomic E-state index is 13.9. The van der Waals surface area contributed by atoms with E-state index in [1.165, 1.54) is 23.0 Å². The molecule has 0 spiro atoms. The van der Waals surface area contributed by atoms with Gasteiger partial charge in [0.05, 0.1) is 26.8 Å². The number of fused-ring (bicyclic) bond motifs is 3. The van der Waals surface area contributed by atoms with E-state index in [1.54, 1.807) is 34.9 Å². The second kappa shape index (κ2) is 9.59. The van der Waals surface area contributed by atoms with E-state index in [2.05, 4.69) is 24.3 Å². The SMILES string of the molecule is O=c1/c(=C\c2ccc(-c3ccc(Cl)cc3[N+](=O)[O-])o2)sc2n1[C@H](c1ccccc1)C1=C(N=2)c2ccccc2CC1. The highest BCUT2D eigenvalue weighted by Gasteiger charge is 2.32. The second-order valence-electron chi connectivity index (χ2n) is 9.64. The van der Waals surface area contributed by atoms with Gasteiger partial charge in [0, 0.05) is 22.7 Å². The molecule has 0 amide bonds. The number of aryl methyl sites for hydroxylation is 1. The Morgan fingerprint density at radius 3 is 2.62 bits per heavy atom. The number of hydrogen-bond acceptors (Lipinski definition) is 6. The van der Waals surface area contributed by atoms with Gasteiger partial charge in [-0.1, -0.05) is 77.5 Å². The Morgan fingerprint density at radius 2 is 1.80 bits per heavy atom. The highest BCUT2D eigenvalue weighted by molar-refractivity contribution is 7.07. The lowest BCUT2D eigenvalue weighted by Gasteiger charge is -2.30. The Balaban J connectivity index is 1.38. The molecule has 0 bridgehead atoms. The molecule has 3 aromatic carbocycles. The molecule has 3 heterocycles. The molecule has 0 unspecified atom stereocenters. The van der Waals surface area contributed by atoms with Gasteiger partial charge < -0.3 is 4.42 Å². The van der Waals surface area contributed by atoms with E-state index >= 15 is 0 Å². The fourth-order valence-electron chi connectivity index (χ4n) is 5.53. The van der Waals surface area contributed by atoms with Gasteiger partial charge >= 0.3 is 0 Å². The summed E-state index contributed by atoms with van der Waals surface area (Å²) in [6, 6.07) is 25.9. The minimum Gasteiger partial charge on any atom is -0.456 e. The van der Waals surface area contributed by atoms with E-state index in [9.17, 15) is 14.9 Å². The molecule has 2 aromatic heterocycles. The standard InChI is InChI=1S/C31H20ClN3O4S/c32-20-11-14-23(25(16-20)35(37)38)26-15-12-21(39-26)17-27-30(36)34-29(19-7-2-1-3-8-19)24-13-10-18-6-4-5-9-22(18)28(24)33-31(34)40-27/h1-9,11-12,14-17,29H,10,13H2/b27-17+/t29-/m1/s1. The molecule has 7 rings (SSSR count). The van der Waals surface area contributed by atoms with Crippen molar-refractivity contribution in [3.63, 3.8) is 0 Å². The maximum Gasteiger partial charge on any atom is 0.281 e. The van der Waals surface area contributed by atoms with Crippen LogP contribution in [0.1, 0.15) is 34.9 Å². The number of halogens is 1. The zero-order chi connectivity index (χ0) is 27.4. The van der Waals surface area contributed by atoms with Gasteiger partial charge in [-0.2, -0.15) is 0 Å². The van der Waals surface area contributed by atoms with Crippen LogP contribution in [0, 0.1) is 10.1 Å². The maximum absolute atomic E-state index is 13.9. The molecule has 9 heteroatoms. The van der Waals surface area contributed by atoms with Crippen molar-refractivity contribution in [3.8, 4) is 11.3 Å². The third-order valence-electron chi connectivity index (χ3n) is 7.31. The first-order valence-electron chi connectivity index (χ1n) is 12.7. The number of nitro benzene ring substituents is 1. The molecule has 0 radical (unpaired) electrons. The molecule has 1 atom stereocenters. The predicted octanol–water partition coefficient (Wildman–Crippen LogP) is 6.14. The first kappa shape index (κ1) is 24.5. The van der Waals surface area contributed by atoms with Gasteiger partial charge in [0.25, 0.3) is 11.2 Å². The minimum absolute atomic E-state index is 0.151. The molecule has 0 saturated carbocycles. The number of benzene rings is 3. The van der Waals surface area contributed by atoms with E-state index in [4.69, 9.17) is 21.0 Å². The van der Waals surface area contributed by atoms with Gasteiger partial charge in [0.15, 0.2) is 4.80 Å². The summed E-state index contributed by atoms with van der Waals surface area (Å²) in [7, 11) is 0. The Kier molecular flexibility index (Phi) is 5.87. The molecule has 1 aliphatic heterocycles. The quantitative estimate of drug-likeness (QED) is 0.193. The topological polar surface area (TPSA) is 90.6 Å². The van der Waals surface area contributed by atoms with Crippen LogP contribution in [0.4, 0.5) is 5.69 Å². The highest BCUT2D eigenvalue weighted by Crippen LogP contribution is 2.41. The molecule has 0 saturated heterocycles. The Hall–Kier alpha value is -4.53. The van der Waals surface area contributed by atoms with Gasteiger partial charge in [0.2, 0.25) is 0 Å². The first-order chi connectivity index (χ1) is 19.5. The number of nitrogens with zero attached hydrogens (tertiary/aromatic N) is 3. The molecular weight excluding hydrogens is 546 g/mol. The fourth-order valence-corrected chi connectivity index (χ4v) is 6.67. The Morgan fingerprint density at radius 1 is 1.00 bits per heavy atom. The largest absolute Gasteiger partial charge is 0.456 e. The zero-order valence-corrected chi connectivity index (χ0v) is 22.5. The molecule has 1 aliphatic carbocycles. The lowest BCUT2D eigenvalue weighted by molar-refractivity contribution is -0.384. The summed E-state index contributed by atoms with van der Waals surface area (Å²) < 4.78 is 8.21. The number of aromatic nitrogens is 1. The highest BCUT2D eigenvalue weighted by atomic mass is 35.5. The van der Waals surface area contributed by atoms with Gasteiger partial charge in [-0.25, -0.2) is 4.99 Å². The van der Waals surface area contributed by atoms with Crippen molar-refractivity contribution in [2.24, 2.45) is 4.99 Å². The zero-order valence-electron chi connectivity index (χ0n) is 20.9. The summed E-state index contributed by atoms with van der Waals surface area (Å²) >= 11 is 7.28. The van der Waals surface area contributed by atoms with Crippen LogP contribution in [0.5, 0.6) is 0 Å². The third-order valence-corrected chi connectivity index (χ3v) is 8.53. The first-order valence-corrected chi connectivity index (χ1v) is 13.9. The van der Waals surface area contributed by atoms with Crippen LogP contribution in [0.2, 0.25) is 5.02 Å². The molecular formula is C31H20ClN3O4S. The van der Waals surface area contributed by atoms with E-state index in [-0.39, 0.29) is 22.3 Å². The van der Waals surface area contributed by atoms with Crippen molar-refractivity contribution in [1.29, 1.82) is 0 Å². The summed E-state index contributed by atoms with van der Waals surface area (Å²) in [4.78, 5) is 30.6. The van der Waals surface area contributed by atoms with E-state index in [1.807, 2.05) is 30.3 Å². The third kappa shape index (κ3) is 4.04. The summed E-state index contributed by atoms with van der Waals surface area (Å²) in [5, 5.41) is 11.8. The van der Waals surface area contributed by atoms with Crippen molar-refractivity contribution in [1.82, 2.24) is 4.57 Å². The number of nitro groups is 1.